The molecule has 1 aliphatic rings. The Morgan fingerprint density at radius 1 is 1.43 bits per heavy atom. The molecule has 4 nitrogen and oxygen atoms in total. The highest BCUT2D eigenvalue weighted by atomic mass is 16.5. The molecule has 0 aromatic carbocycles. The third-order valence-electron chi connectivity index (χ3n) is 2.43. The van der Waals surface area contributed by atoms with E-state index in [1.54, 1.807) is 0 Å². The van der Waals surface area contributed by atoms with Crippen molar-refractivity contribution in [3.05, 3.63) is 0 Å². The first-order chi connectivity index (χ1) is 6.59. The predicted molar refractivity (Wildman–Crippen MR) is 51.9 cm³/mol. The van der Waals surface area contributed by atoms with Crippen molar-refractivity contribution in [1.82, 2.24) is 5.32 Å². The van der Waals surface area contributed by atoms with Gasteiger partial charge in [0.2, 0.25) is 5.91 Å². The summed E-state index contributed by atoms with van der Waals surface area (Å²) in [4.78, 5) is 22.0. The highest BCUT2D eigenvalue weighted by Gasteiger charge is 2.25. The summed E-state index contributed by atoms with van der Waals surface area (Å²) in [6, 6.07) is 0.120. The van der Waals surface area contributed by atoms with Crippen LogP contribution in [0.3, 0.4) is 0 Å². The van der Waals surface area contributed by atoms with Crippen LogP contribution in [0.15, 0.2) is 0 Å². The number of carbonyl (C=O) groups is 2. The first kappa shape index (κ1) is 11.2. The quantitative estimate of drug-likeness (QED) is 0.723. The lowest BCUT2D eigenvalue weighted by molar-refractivity contribution is -0.125. The Kier molecular flexibility index (Phi) is 4.07. The van der Waals surface area contributed by atoms with Crippen molar-refractivity contribution in [2.45, 2.75) is 45.3 Å². The van der Waals surface area contributed by atoms with Crippen LogP contribution in [0.2, 0.25) is 0 Å². The Bertz CT molecular complexity index is 227. The number of hydrogen-bond donors (Lipinski definition) is 1. The molecule has 0 bridgehead atoms. The van der Waals surface area contributed by atoms with Gasteiger partial charge in [0, 0.05) is 19.4 Å². The number of rotatable bonds is 4. The molecule has 0 aromatic rings. The van der Waals surface area contributed by atoms with E-state index in [4.69, 9.17) is 4.74 Å². The maximum absolute atomic E-state index is 11.3. The van der Waals surface area contributed by atoms with Gasteiger partial charge in [0.05, 0.1) is 12.1 Å². The normalized spacial score (nSPS) is 26.1. The molecule has 1 heterocycles. The molecule has 2 unspecified atom stereocenters. The monoisotopic (exact) mass is 199 g/mol. The fourth-order valence-corrected chi connectivity index (χ4v) is 1.49. The van der Waals surface area contributed by atoms with Gasteiger partial charge in [0.1, 0.15) is 5.78 Å². The summed E-state index contributed by atoms with van der Waals surface area (Å²) in [7, 11) is 0. The lowest BCUT2D eigenvalue weighted by Gasteiger charge is -2.15. The Morgan fingerprint density at radius 2 is 2.14 bits per heavy atom. The number of Topliss-reactive ketones (excluding diaryl/α,β-unsaturated/α-hetero) is 1. The van der Waals surface area contributed by atoms with E-state index in [1.807, 2.05) is 6.92 Å². The SMILES string of the molecule is CC(=O)CCC(=O)NC1CCOC1C. The maximum Gasteiger partial charge on any atom is 0.220 e. The van der Waals surface area contributed by atoms with E-state index < -0.39 is 0 Å². The molecule has 0 radical (unpaired) electrons. The Labute approximate surface area is 84.0 Å². The van der Waals surface area contributed by atoms with Crippen LogP contribution in [0.1, 0.15) is 33.1 Å². The smallest absolute Gasteiger partial charge is 0.220 e. The third kappa shape index (κ3) is 3.46. The molecule has 0 spiro atoms. The molecule has 0 aliphatic carbocycles. The fourth-order valence-electron chi connectivity index (χ4n) is 1.49. The van der Waals surface area contributed by atoms with Crippen molar-refractivity contribution in [2.75, 3.05) is 6.61 Å². The topological polar surface area (TPSA) is 55.4 Å². The van der Waals surface area contributed by atoms with E-state index in [2.05, 4.69) is 5.32 Å². The van der Waals surface area contributed by atoms with E-state index in [0.29, 0.717) is 19.4 Å². The van der Waals surface area contributed by atoms with Crippen LogP contribution in [0.25, 0.3) is 0 Å². The number of carbonyl (C=O) groups excluding carboxylic acids is 2. The van der Waals surface area contributed by atoms with Crippen LogP contribution in [-0.2, 0) is 14.3 Å². The van der Waals surface area contributed by atoms with Crippen LogP contribution < -0.4 is 5.32 Å². The van der Waals surface area contributed by atoms with Gasteiger partial charge in [-0.05, 0) is 20.3 Å². The van der Waals surface area contributed by atoms with Crippen LogP contribution in [0.5, 0.6) is 0 Å². The van der Waals surface area contributed by atoms with Gasteiger partial charge >= 0.3 is 0 Å². The summed E-state index contributed by atoms with van der Waals surface area (Å²) in [5, 5.41) is 2.87. The molecule has 1 saturated heterocycles. The van der Waals surface area contributed by atoms with Gasteiger partial charge in [-0.2, -0.15) is 0 Å². The van der Waals surface area contributed by atoms with Gasteiger partial charge in [-0.3, -0.25) is 4.79 Å². The van der Waals surface area contributed by atoms with Gasteiger partial charge in [0.15, 0.2) is 0 Å². The minimum absolute atomic E-state index is 0.0517. The molecule has 14 heavy (non-hydrogen) atoms. The summed E-state index contributed by atoms with van der Waals surface area (Å²) < 4.78 is 5.31. The standard InChI is InChI=1S/C10H17NO3/c1-7(12)3-4-10(13)11-9-5-6-14-8(9)2/h8-9H,3-6H2,1-2H3,(H,11,13). The third-order valence-corrected chi connectivity index (χ3v) is 2.43. The van der Waals surface area contributed by atoms with Gasteiger partial charge in [-0.25, -0.2) is 0 Å². The average Bonchev–Trinajstić information content (AvgIpc) is 2.49. The second kappa shape index (κ2) is 5.10. The van der Waals surface area contributed by atoms with Gasteiger partial charge in [-0.15, -0.1) is 0 Å². The maximum atomic E-state index is 11.3. The van der Waals surface area contributed by atoms with Crippen molar-refractivity contribution in [3.8, 4) is 0 Å². The zero-order valence-corrected chi connectivity index (χ0v) is 8.71. The van der Waals surface area contributed by atoms with Crippen molar-refractivity contribution >= 4 is 11.7 Å². The fraction of sp³-hybridized carbons (Fsp3) is 0.800. The number of nitrogens with one attached hydrogen (secondary N) is 1. The Balaban J connectivity index is 2.22. The summed E-state index contributed by atoms with van der Waals surface area (Å²) in [5.74, 6) is -0.00146. The molecular weight excluding hydrogens is 182 g/mol. The molecule has 4 heteroatoms. The summed E-state index contributed by atoms with van der Waals surface area (Å²) in [6.07, 6.45) is 1.58. The Hall–Kier alpha value is -0.900. The minimum atomic E-state index is -0.0532. The van der Waals surface area contributed by atoms with Gasteiger partial charge in [0.25, 0.3) is 0 Å². The number of ketones is 1. The van der Waals surface area contributed by atoms with E-state index in [1.165, 1.54) is 6.92 Å². The molecule has 1 fully saturated rings. The number of hydrogen-bond acceptors (Lipinski definition) is 3. The Morgan fingerprint density at radius 3 is 2.64 bits per heavy atom. The summed E-state index contributed by atoms with van der Waals surface area (Å²) in [6.45, 7) is 4.15. The second-order valence-corrected chi connectivity index (χ2v) is 3.74. The van der Waals surface area contributed by atoms with Crippen molar-refractivity contribution in [2.24, 2.45) is 0 Å². The van der Waals surface area contributed by atoms with Gasteiger partial charge in [-0.1, -0.05) is 0 Å². The molecule has 1 amide bonds. The molecule has 1 aliphatic heterocycles. The van der Waals surface area contributed by atoms with E-state index in [-0.39, 0.29) is 23.8 Å². The van der Waals surface area contributed by atoms with Crippen molar-refractivity contribution < 1.29 is 14.3 Å². The molecule has 2 atom stereocenters. The molecule has 0 aromatic heterocycles. The molecule has 1 rings (SSSR count). The highest BCUT2D eigenvalue weighted by Crippen LogP contribution is 2.12. The lowest BCUT2D eigenvalue weighted by atomic mass is 10.1. The first-order valence-electron chi connectivity index (χ1n) is 5.00. The van der Waals surface area contributed by atoms with E-state index >= 15 is 0 Å². The highest BCUT2D eigenvalue weighted by molar-refractivity contribution is 5.83. The largest absolute Gasteiger partial charge is 0.376 e. The minimum Gasteiger partial charge on any atom is -0.376 e. The van der Waals surface area contributed by atoms with Crippen LogP contribution in [0, 0.1) is 0 Å². The predicted octanol–water partition coefficient (Wildman–Crippen LogP) is 0.649. The second-order valence-electron chi connectivity index (χ2n) is 3.74. The average molecular weight is 199 g/mol. The molecular formula is C10H17NO3. The lowest BCUT2D eigenvalue weighted by Crippen LogP contribution is -2.39. The molecule has 80 valence electrons. The van der Waals surface area contributed by atoms with Gasteiger partial charge < -0.3 is 14.8 Å². The zero-order valence-electron chi connectivity index (χ0n) is 8.71. The number of ether oxygens (including phenoxy) is 1. The summed E-state index contributed by atoms with van der Waals surface area (Å²) >= 11 is 0. The van der Waals surface area contributed by atoms with Crippen molar-refractivity contribution in [3.63, 3.8) is 0 Å². The van der Waals surface area contributed by atoms with Crippen LogP contribution >= 0.6 is 0 Å². The van der Waals surface area contributed by atoms with Crippen LogP contribution in [-0.4, -0.2) is 30.4 Å². The molecule has 1 N–H and O–H groups in total. The van der Waals surface area contributed by atoms with Crippen LogP contribution in [0.4, 0.5) is 0 Å². The summed E-state index contributed by atoms with van der Waals surface area (Å²) in [5.41, 5.74) is 0. The first-order valence-corrected chi connectivity index (χ1v) is 5.00. The zero-order chi connectivity index (χ0) is 10.6. The van der Waals surface area contributed by atoms with Crippen molar-refractivity contribution in [1.29, 1.82) is 0 Å². The van der Waals surface area contributed by atoms with E-state index in [9.17, 15) is 9.59 Å². The molecule has 0 saturated carbocycles. The van der Waals surface area contributed by atoms with E-state index in [0.717, 1.165) is 6.42 Å². The number of amides is 1.